The fourth-order valence-corrected chi connectivity index (χ4v) is 2.34. The van der Waals surface area contributed by atoms with Crippen molar-refractivity contribution in [2.24, 2.45) is 5.92 Å². The Kier molecular flexibility index (Phi) is 8.09. The van der Waals surface area contributed by atoms with Crippen molar-refractivity contribution in [3.8, 4) is 0 Å². The Hall–Kier alpha value is -1.91. The van der Waals surface area contributed by atoms with E-state index in [1.807, 2.05) is 12.1 Å². The van der Waals surface area contributed by atoms with E-state index in [2.05, 4.69) is 17.2 Å². The second-order valence-corrected chi connectivity index (χ2v) is 5.26. The highest BCUT2D eigenvalue weighted by atomic mass is 16.4. The maximum atomic E-state index is 11.8. The molecule has 5 nitrogen and oxygen atoms in total. The zero-order valence-corrected chi connectivity index (χ0v) is 12.5. The summed E-state index contributed by atoms with van der Waals surface area (Å²) < 4.78 is 0. The van der Waals surface area contributed by atoms with Gasteiger partial charge in [-0.25, -0.2) is 0 Å². The topological polar surface area (TPSA) is 79.3 Å². The van der Waals surface area contributed by atoms with Crippen LogP contribution in [0.5, 0.6) is 0 Å². The summed E-state index contributed by atoms with van der Waals surface area (Å²) in [4.78, 5) is 26.4. The molecule has 1 heterocycles. The molecule has 0 aliphatic carbocycles. The number of carbonyl (C=O) groups is 2. The van der Waals surface area contributed by atoms with E-state index in [0.29, 0.717) is 25.3 Å². The predicted molar refractivity (Wildman–Crippen MR) is 80.8 cm³/mol. The van der Waals surface area contributed by atoms with E-state index in [1.54, 1.807) is 12.4 Å². The Bertz CT molecular complexity index is 434. The van der Waals surface area contributed by atoms with Crippen LogP contribution in [0.4, 0.5) is 0 Å². The van der Waals surface area contributed by atoms with Crippen molar-refractivity contribution < 1.29 is 14.7 Å². The maximum absolute atomic E-state index is 11.8. The number of hydrogen-bond acceptors (Lipinski definition) is 3. The van der Waals surface area contributed by atoms with Crippen molar-refractivity contribution in [1.82, 2.24) is 10.3 Å². The molecule has 1 amide bonds. The number of nitrogens with one attached hydrogen (secondary N) is 1. The van der Waals surface area contributed by atoms with Gasteiger partial charge in [0, 0.05) is 25.4 Å². The van der Waals surface area contributed by atoms with Crippen LogP contribution in [0.3, 0.4) is 0 Å². The first-order chi connectivity index (χ1) is 10.1. The smallest absolute Gasteiger partial charge is 0.303 e. The Morgan fingerprint density at radius 3 is 2.76 bits per heavy atom. The van der Waals surface area contributed by atoms with Gasteiger partial charge in [-0.1, -0.05) is 25.8 Å². The second kappa shape index (κ2) is 9.91. The fraction of sp³-hybridized carbons (Fsp3) is 0.562. The van der Waals surface area contributed by atoms with E-state index in [4.69, 9.17) is 5.11 Å². The summed E-state index contributed by atoms with van der Waals surface area (Å²) in [7, 11) is 0. The van der Waals surface area contributed by atoms with Crippen LogP contribution < -0.4 is 5.32 Å². The molecule has 0 aromatic carbocycles. The Morgan fingerprint density at radius 1 is 1.33 bits per heavy atom. The third kappa shape index (κ3) is 8.07. The van der Waals surface area contributed by atoms with Gasteiger partial charge >= 0.3 is 5.97 Å². The van der Waals surface area contributed by atoms with Gasteiger partial charge in [0.05, 0.1) is 6.42 Å². The lowest BCUT2D eigenvalue weighted by atomic mass is 9.94. The van der Waals surface area contributed by atoms with E-state index < -0.39 is 5.97 Å². The number of aliphatic carboxylic acids is 1. The number of rotatable bonds is 10. The molecule has 0 saturated heterocycles. The molecule has 0 aliphatic rings. The first-order valence-electron chi connectivity index (χ1n) is 7.49. The highest BCUT2D eigenvalue weighted by molar-refractivity contribution is 5.78. The first-order valence-corrected chi connectivity index (χ1v) is 7.49. The molecule has 1 unspecified atom stereocenters. The number of hydrogen-bond donors (Lipinski definition) is 2. The van der Waals surface area contributed by atoms with Crippen molar-refractivity contribution >= 4 is 11.9 Å². The van der Waals surface area contributed by atoms with E-state index >= 15 is 0 Å². The van der Waals surface area contributed by atoms with Crippen LogP contribution in [0.15, 0.2) is 24.5 Å². The van der Waals surface area contributed by atoms with Gasteiger partial charge in [0.15, 0.2) is 0 Å². The number of carboxylic acids is 1. The zero-order chi connectivity index (χ0) is 15.5. The lowest BCUT2D eigenvalue weighted by molar-refractivity contribution is -0.137. The number of pyridine rings is 1. The lowest BCUT2D eigenvalue weighted by Gasteiger charge is -2.15. The molecule has 0 spiro atoms. The minimum Gasteiger partial charge on any atom is -0.481 e. The second-order valence-electron chi connectivity index (χ2n) is 5.26. The summed E-state index contributed by atoms with van der Waals surface area (Å²) in [5.74, 6) is -0.405. The van der Waals surface area contributed by atoms with E-state index in [0.717, 1.165) is 24.8 Å². The normalized spacial score (nSPS) is 11.9. The zero-order valence-electron chi connectivity index (χ0n) is 12.5. The molecule has 0 fully saturated rings. The largest absolute Gasteiger partial charge is 0.481 e. The van der Waals surface area contributed by atoms with Gasteiger partial charge in [-0.3, -0.25) is 14.6 Å². The SMILES string of the molecule is CCCC(CCNC(=O)Cc1cccnc1)CCC(=O)O. The van der Waals surface area contributed by atoms with Crippen molar-refractivity contribution in [1.29, 1.82) is 0 Å². The summed E-state index contributed by atoms with van der Waals surface area (Å²) >= 11 is 0. The molecule has 1 rings (SSSR count). The van der Waals surface area contributed by atoms with Gasteiger partial charge in [0.1, 0.15) is 0 Å². The lowest BCUT2D eigenvalue weighted by Crippen LogP contribution is -2.27. The summed E-state index contributed by atoms with van der Waals surface area (Å²) in [5, 5.41) is 11.6. The molecule has 21 heavy (non-hydrogen) atoms. The van der Waals surface area contributed by atoms with Crippen LogP contribution in [0, 0.1) is 5.92 Å². The summed E-state index contributed by atoms with van der Waals surface area (Å²) in [5.41, 5.74) is 0.894. The van der Waals surface area contributed by atoms with Crippen LogP contribution >= 0.6 is 0 Å². The molecule has 1 aromatic heterocycles. The fourth-order valence-electron chi connectivity index (χ4n) is 2.34. The minimum atomic E-state index is -0.753. The Labute approximate surface area is 125 Å². The minimum absolute atomic E-state index is 0.0171. The van der Waals surface area contributed by atoms with E-state index in [-0.39, 0.29) is 12.3 Å². The van der Waals surface area contributed by atoms with Gasteiger partial charge in [-0.05, 0) is 30.4 Å². The number of aromatic nitrogens is 1. The van der Waals surface area contributed by atoms with Gasteiger partial charge in [-0.2, -0.15) is 0 Å². The van der Waals surface area contributed by atoms with Crippen LogP contribution in [0.1, 0.15) is 44.6 Å². The quantitative estimate of drug-likeness (QED) is 0.694. The molecule has 0 radical (unpaired) electrons. The molecule has 0 aliphatic heterocycles. The summed E-state index contributed by atoms with van der Waals surface area (Å²) in [6.07, 6.45) is 7.46. The van der Waals surface area contributed by atoms with E-state index in [9.17, 15) is 9.59 Å². The Balaban J connectivity index is 2.26. The number of carboxylic acid groups (broad SMARTS) is 1. The monoisotopic (exact) mass is 292 g/mol. The van der Waals surface area contributed by atoms with Crippen molar-refractivity contribution in [3.05, 3.63) is 30.1 Å². The summed E-state index contributed by atoms with van der Waals surface area (Å²) in [6.45, 7) is 2.69. The third-order valence-electron chi connectivity index (χ3n) is 3.43. The van der Waals surface area contributed by atoms with Crippen molar-refractivity contribution in [3.63, 3.8) is 0 Å². The van der Waals surface area contributed by atoms with Crippen LogP contribution in [0.25, 0.3) is 0 Å². The van der Waals surface area contributed by atoms with Crippen molar-refractivity contribution in [2.75, 3.05) is 6.54 Å². The molecule has 1 aromatic rings. The molecule has 5 heteroatoms. The average molecular weight is 292 g/mol. The predicted octanol–water partition coefficient (Wildman–Crippen LogP) is 2.41. The standard InChI is InChI=1S/C16H24N2O3/c1-2-4-13(6-7-16(20)21)8-10-18-15(19)11-14-5-3-9-17-12-14/h3,5,9,12-13H,2,4,6-8,10-11H2,1H3,(H,18,19)(H,20,21). The van der Waals surface area contributed by atoms with Crippen LogP contribution in [-0.2, 0) is 16.0 Å². The average Bonchev–Trinajstić information content (AvgIpc) is 2.45. The van der Waals surface area contributed by atoms with Crippen LogP contribution in [-0.4, -0.2) is 28.5 Å². The van der Waals surface area contributed by atoms with Gasteiger partial charge < -0.3 is 10.4 Å². The molecule has 1 atom stereocenters. The molecule has 0 saturated carbocycles. The van der Waals surface area contributed by atoms with Crippen molar-refractivity contribution in [2.45, 2.75) is 45.4 Å². The molecular formula is C16H24N2O3. The van der Waals surface area contributed by atoms with Gasteiger partial charge in [-0.15, -0.1) is 0 Å². The number of nitrogens with zero attached hydrogens (tertiary/aromatic N) is 1. The molecule has 116 valence electrons. The van der Waals surface area contributed by atoms with Gasteiger partial charge in [0.25, 0.3) is 0 Å². The van der Waals surface area contributed by atoms with Gasteiger partial charge in [0.2, 0.25) is 5.91 Å². The maximum Gasteiger partial charge on any atom is 0.303 e. The Morgan fingerprint density at radius 2 is 2.14 bits per heavy atom. The summed E-state index contributed by atoms with van der Waals surface area (Å²) in [6, 6.07) is 3.69. The number of amides is 1. The molecular weight excluding hydrogens is 268 g/mol. The molecule has 0 bridgehead atoms. The third-order valence-corrected chi connectivity index (χ3v) is 3.43. The van der Waals surface area contributed by atoms with E-state index in [1.165, 1.54) is 0 Å². The molecule has 2 N–H and O–H groups in total. The highest BCUT2D eigenvalue weighted by Gasteiger charge is 2.11. The first kappa shape index (κ1) is 17.1. The van der Waals surface area contributed by atoms with Crippen LogP contribution in [0.2, 0.25) is 0 Å². The highest BCUT2D eigenvalue weighted by Crippen LogP contribution is 2.17. The number of carbonyl (C=O) groups excluding carboxylic acids is 1.